The summed E-state index contributed by atoms with van der Waals surface area (Å²) in [7, 11) is -3.54. The van der Waals surface area contributed by atoms with Crippen LogP contribution >= 0.6 is 12.4 Å². The average molecular weight is 467 g/mol. The number of fused-ring (bicyclic) bond motifs is 1. The predicted octanol–water partition coefficient (Wildman–Crippen LogP) is 2.58. The summed E-state index contributed by atoms with van der Waals surface area (Å²) in [6.45, 7) is 4.56. The molecule has 2 aliphatic rings. The lowest BCUT2D eigenvalue weighted by atomic mass is 9.85. The summed E-state index contributed by atoms with van der Waals surface area (Å²) in [4.78, 5) is 2.35. The highest BCUT2D eigenvalue weighted by Gasteiger charge is 2.34. The Labute approximate surface area is 190 Å². The standard InChI is InChI=1S/C23H30N2O4S.ClH/c1-17-2-4-18(5-3-17)14-23(26)8-10-25(11-9-23)15-21-13-20-12-19(16-30(24,27)28)6-7-22(20)29-21;/h2-7,12,21,26H,8-11,13-16H2,1H3,(H2,24,27,28);1H. The minimum Gasteiger partial charge on any atom is -0.488 e. The van der Waals surface area contributed by atoms with Crippen LogP contribution in [0.15, 0.2) is 42.5 Å². The number of piperidine rings is 1. The van der Waals surface area contributed by atoms with E-state index in [4.69, 9.17) is 9.88 Å². The van der Waals surface area contributed by atoms with Gasteiger partial charge in [-0.2, -0.15) is 0 Å². The van der Waals surface area contributed by atoms with E-state index in [-0.39, 0.29) is 24.3 Å². The third-order valence-corrected chi connectivity index (χ3v) is 6.87. The molecule has 0 aliphatic carbocycles. The van der Waals surface area contributed by atoms with Gasteiger partial charge in [0.05, 0.1) is 11.4 Å². The summed E-state index contributed by atoms with van der Waals surface area (Å²) >= 11 is 0. The molecule has 31 heavy (non-hydrogen) atoms. The number of nitrogens with two attached hydrogens (primary N) is 1. The molecule has 2 aromatic carbocycles. The van der Waals surface area contributed by atoms with Crippen LogP contribution in [0.25, 0.3) is 0 Å². The molecule has 2 aliphatic heterocycles. The lowest BCUT2D eigenvalue weighted by molar-refractivity contribution is -0.0265. The molecule has 2 heterocycles. The number of nitrogens with zero attached hydrogens (tertiary/aromatic N) is 1. The summed E-state index contributed by atoms with van der Waals surface area (Å²) in [5, 5.41) is 16.2. The number of rotatable bonds is 6. The first kappa shape index (κ1) is 24.0. The SMILES string of the molecule is Cc1ccc(CC2(O)CCN(CC3Cc4cc(CS(N)(=O)=O)ccc4O3)CC2)cc1.Cl. The maximum Gasteiger partial charge on any atom is 0.213 e. The summed E-state index contributed by atoms with van der Waals surface area (Å²) in [5.74, 6) is 0.669. The van der Waals surface area contributed by atoms with Gasteiger partial charge >= 0.3 is 0 Å². The molecule has 0 amide bonds. The van der Waals surface area contributed by atoms with Crippen LogP contribution in [-0.4, -0.2) is 49.8 Å². The normalized spacial score (nSPS) is 20.5. The Hall–Kier alpha value is -1.64. The van der Waals surface area contributed by atoms with Gasteiger partial charge in [0.1, 0.15) is 11.9 Å². The molecule has 3 N–H and O–H groups in total. The number of halogens is 1. The highest BCUT2D eigenvalue weighted by molar-refractivity contribution is 7.88. The zero-order valence-electron chi connectivity index (χ0n) is 17.8. The number of ether oxygens (including phenoxy) is 1. The lowest BCUT2D eigenvalue weighted by Gasteiger charge is -2.39. The fourth-order valence-corrected chi connectivity index (χ4v) is 5.14. The maximum atomic E-state index is 11.3. The highest BCUT2D eigenvalue weighted by atomic mass is 35.5. The Balaban J connectivity index is 0.00000272. The van der Waals surface area contributed by atoms with Gasteiger partial charge in [0.2, 0.25) is 10.0 Å². The van der Waals surface area contributed by atoms with Gasteiger partial charge in [-0.15, -0.1) is 12.4 Å². The number of aliphatic hydroxyl groups is 1. The molecule has 4 rings (SSSR count). The van der Waals surface area contributed by atoms with Gasteiger partial charge in [0.25, 0.3) is 0 Å². The molecular formula is C23H31ClN2O4S. The molecule has 0 aromatic heterocycles. The van der Waals surface area contributed by atoms with Crippen molar-refractivity contribution in [2.75, 3.05) is 19.6 Å². The molecule has 1 saturated heterocycles. The smallest absolute Gasteiger partial charge is 0.213 e. The van der Waals surface area contributed by atoms with E-state index in [1.807, 2.05) is 12.1 Å². The number of hydrogen-bond donors (Lipinski definition) is 2. The molecule has 170 valence electrons. The maximum absolute atomic E-state index is 11.3. The van der Waals surface area contributed by atoms with Crippen LogP contribution in [0.1, 0.15) is 35.1 Å². The van der Waals surface area contributed by atoms with Gasteiger partial charge in [-0.05, 0) is 42.5 Å². The zero-order chi connectivity index (χ0) is 21.4. The number of aryl methyl sites for hydroxylation is 1. The molecule has 1 fully saturated rings. The summed E-state index contributed by atoms with van der Waals surface area (Å²) < 4.78 is 28.7. The van der Waals surface area contributed by atoms with Crippen LogP contribution in [-0.2, 0) is 28.6 Å². The minimum absolute atomic E-state index is 0. The molecule has 0 saturated carbocycles. The van der Waals surface area contributed by atoms with Crippen molar-refractivity contribution >= 4 is 22.4 Å². The first-order chi connectivity index (χ1) is 14.2. The third-order valence-electron chi connectivity index (χ3n) is 6.14. The molecule has 1 unspecified atom stereocenters. The Kier molecular flexibility index (Phi) is 7.33. The van der Waals surface area contributed by atoms with Crippen molar-refractivity contribution < 1.29 is 18.3 Å². The third kappa shape index (κ3) is 6.43. The number of primary sulfonamides is 1. The Bertz CT molecular complexity index is 1000. The monoisotopic (exact) mass is 466 g/mol. The van der Waals surface area contributed by atoms with E-state index in [1.165, 1.54) is 11.1 Å². The van der Waals surface area contributed by atoms with Crippen molar-refractivity contribution in [2.45, 2.75) is 50.1 Å². The topological polar surface area (TPSA) is 92.9 Å². The van der Waals surface area contributed by atoms with Gasteiger partial charge in [-0.1, -0.05) is 42.0 Å². The van der Waals surface area contributed by atoms with E-state index in [1.54, 1.807) is 6.07 Å². The molecule has 6 nitrogen and oxygen atoms in total. The van der Waals surface area contributed by atoms with Gasteiger partial charge in [-0.25, -0.2) is 13.6 Å². The second kappa shape index (κ2) is 9.46. The highest BCUT2D eigenvalue weighted by Crippen LogP contribution is 2.32. The predicted molar refractivity (Wildman–Crippen MR) is 124 cm³/mol. The first-order valence-corrected chi connectivity index (χ1v) is 12.2. The Morgan fingerprint density at radius 2 is 1.77 bits per heavy atom. The van der Waals surface area contributed by atoms with Crippen LogP contribution in [0.3, 0.4) is 0 Å². The summed E-state index contributed by atoms with van der Waals surface area (Å²) in [6.07, 6.45) is 3.00. The van der Waals surface area contributed by atoms with Crippen molar-refractivity contribution in [3.63, 3.8) is 0 Å². The molecule has 1 atom stereocenters. The van der Waals surface area contributed by atoms with Crippen molar-refractivity contribution in [2.24, 2.45) is 5.14 Å². The van der Waals surface area contributed by atoms with E-state index in [2.05, 4.69) is 36.1 Å². The van der Waals surface area contributed by atoms with E-state index >= 15 is 0 Å². The van der Waals surface area contributed by atoms with Crippen molar-refractivity contribution in [1.29, 1.82) is 0 Å². The van der Waals surface area contributed by atoms with Crippen molar-refractivity contribution in [1.82, 2.24) is 4.90 Å². The number of benzene rings is 2. The number of likely N-dealkylation sites (tertiary alicyclic amines) is 1. The fourth-order valence-electron chi connectivity index (χ4n) is 4.50. The first-order valence-electron chi connectivity index (χ1n) is 10.5. The molecule has 0 radical (unpaired) electrons. The Morgan fingerprint density at radius 3 is 2.42 bits per heavy atom. The summed E-state index contributed by atoms with van der Waals surface area (Å²) in [5.41, 5.74) is 3.50. The zero-order valence-corrected chi connectivity index (χ0v) is 19.4. The molecule has 0 bridgehead atoms. The van der Waals surface area contributed by atoms with Gasteiger partial charge in [-0.3, -0.25) is 4.90 Å². The number of sulfonamides is 1. The molecule has 2 aromatic rings. The van der Waals surface area contributed by atoms with Crippen LogP contribution in [0.2, 0.25) is 0 Å². The van der Waals surface area contributed by atoms with Gasteiger partial charge in [0.15, 0.2) is 0 Å². The van der Waals surface area contributed by atoms with E-state index in [0.29, 0.717) is 12.0 Å². The second-order valence-electron chi connectivity index (χ2n) is 8.88. The van der Waals surface area contributed by atoms with Gasteiger partial charge in [0, 0.05) is 32.5 Å². The Morgan fingerprint density at radius 1 is 1.13 bits per heavy atom. The molecule has 8 heteroatoms. The van der Waals surface area contributed by atoms with E-state index in [0.717, 1.165) is 50.2 Å². The largest absolute Gasteiger partial charge is 0.488 e. The quantitative estimate of drug-likeness (QED) is 0.682. The van der Waals surface area contributed by atoms with Gasteiger partial charge < -0.3 is 9.84 Å². The van der Waals surface area contributed by atoms with Crippen LogP contribution < -0.4 is 9.88 Å². The number of hydrogen-bond acceptors (Lipinski definition) is 5. The molecular weight excluding hydrogens is 436 g/mol. The van der Waals surface area contributed by atoms with Crippen molar-refractivity contribution in [3.05, 3.63) is 64.7 Å². The minimum atomic E-state index is -3.54. The fraction of sp³-hybridized carbons (Fsp3) is 0.478. The van der Waals surface area contributed by atoms with Crippen LogP contribution in [0, 0.1) is 6.92 Å². The van der Waals surface area contributed by atoms with Crippen LogP contribution in [0.4, 0.5) is 0 Å². The average Bonchev–Trinajstić information content (AvgIpc) is 3.06. The lowest BCUT2D eigenvalue weighted by Crippen LogP contribution is -2.48. The molecule has 0 spiro atoms. The van der Waals surface area contributed by atoms with E-state index in [9.17, 15) is 13.5 Å². The summed E-state index contributed by atoms with van der Waals surface area (Å²) in [6, 6.07) is 13.9. The van der Waals surface area contributed by atoms with Crippen LogP contribution in [0.5, 0.6) is 5.75 Å². The van der Waals surface area contributed by atoms with Crippen molar-refractivity contribution in [3.8, 4) is 5.75 Å². The van der Waals surface area contributed by atoms with E-state index < -0.39 is 15.6 Å². The second-order valence-corrected chi connectivity index (χ2v) is 10.5.